The molecular weight excluding hydrogens is 356 g/mol. The number of hydrogen-bond donors (Lipinski definition) is 3. The Morgan fingerprint density at radius 2 is 1.86 bits per heavy atom. The van der Waals surface area contributed by atoms with Crippen LogP contribution in [0, 0.1) is 11.3 Å². The van der Waals surface area contributed by atoms with Crippen LogP contribution >= 0.6 is 0 Å². The topological polar surface area (TPSA) is 107 Å². The molecule has 0 saturated carbocycles. The molecule has 2 aromatic carbocycles. The Kier molecular flexibility index (Phi) is 3.30. The predicted octanol–water partition coefficient (Wildman–Crippen LogP) is 2.11. The van der Waals surface area contributed by atoms with Gasteiger partial charge in [-0.2, -0.15) is 5.26 Å². The van der Waals surface area contributed by atoms with Crippen LogP contribution in [0.3, 0.4) is 0 Å². The third-order valence-electron chi connectivity index (χ3n) is 5.22. The van der Waals surface area contributed by atoms with Crippen LogP contribution in [0.25, 0.3) is 16.5 Å². The van der Waals surface area contributed by atoms with E-state index in [0.717, 1.165) is 22.0 Å². The van der Waals surface area contributed by atoms with E-state index in [1.165, 1.54) is 0 Å². The molecule has 0 spiro atoms. The average Bonchev–Trinajstić information content (AvgIpc) is 3.20. The van der Waals surface area contributed by atoms with Crippen LogP contribution in [-0.4, -0.2) is 23.9 Å². The van der Waals surface area contributed by atoms with Gasteiger partial charge in [-0.1, -0.05) is 12.1 Å². The van der Waals surface area contributed by atoms with Crippen molar-refractivity contribution < 1.29 is 14.3 Å². The number of hydrogen-bond acceptors (Lipinski definition) is 5. The van der Waals surface area contributed by atoms with E-state index in [1.54, 1.807) is 25.4 Å². The van der Waals surface area contributed by atoms with Crippen molar-refractivity contribution in [3.8, 4) is 11.8 Å². The van der Waals surface area contributed by atoms with E-state index in [-0.39, 0.29) is 5.70 Å². The first-order chi connectivity index (χ1) is 13.6. The zero-order chi connectivity index (χ0) is 19.4. The molecule has 2 aliphatic rings. The molecule has 1 aromatic heterocycles. The molecule has 1 unspecified atom stereocenters. The minimum atomic E-state index is -0.459. The molecule has 0 fully saturated rings. The zero-order valence-corrected chi connectivity index (χ0v) is 14.8. The molecule has 28 heavy (non-hydrogen) atoms. The Labute approximate surface area is 159 Å². The number of methoxy groups -OCH3 is 1. The minimum absolute atomic E-state index is 0.235. The van der Waals surface area contributed by atoms with Gasteiger partial charge in [0.15, 0.2) is 0 Å². The zero-order valence-electron chi connectivity index (χ0n) is 14.8. The van der Waals surface area contributed by atoms with E-state index in [2.05, 4.69) is 21.7 Å². The van der Waals surface area contributed by atoms with Gasteiger partial charge in [-0.25, -0.2) is 0 Å². The number of nitrogens with one attached hydrogen (secondary N) is 3. The highest BCUT2D eigenvalue weighted by Gasteiger charge is 2.39. The molecule has 3 heterocycles. The minimum Gasteiger partial charge on any atom is -0.496 e. The van der Waals surface area contributed by atoms with Crippen LogP contribution in [0.5, 0.6) is 5.75 Å². The summed E-state index contributed by atoms with van der Waals surface area (Å²) in [7, 11) is 1.59. The van der Waals surface area contributed by atoms with E-state index >= 15 is 0 Å². The van der Waals surface area contributed by atoms with Crippen LogP contribution in [0.2, 0.25) is 0 Å². The summed E-state index contributed by atoms with van der Waals surface area (Å²) in [5.74, 6) is -0.244. The van der Waals surface area contributed by atoms with Crippen molar-refractivity contribution in [3.05, 3.63) is 70.5 Å². The molecule has 2 amide bonds. The summed E-state index contributed by atoms with van der Waals surface area (Å²) in [5.41, 5.74) is 4.27. The maximum absolute atomic E-state index is 12.5. The lowest BCUT2D eigenvalue weighted by Gasteiger charge is -2.23. The van der Waals surface area contributed by atoms with Crippen molar-refractivity contribution in [2.24, 2.45) is 0 Å². The van der Waals surface area contributed by atoms with E-state index in [4.69, 9.17) is 10.00 Å². The third-order valence-corrected chi connectivity index (χ3v) is 5.22. The maximum atomic E-state index is 12.5. The van der Waals surface area contributed by atoms with E-state index in [0.29, 0.717) is 22.4 Å². The lowest BCUT2D eigenvalue weighted by molar-refractivity contribution is -0.123. The van der Waals surface area contributed by atoms with Gasteiger partial charge in [0.2, 0.25) is 0 Å². The Morgan fingerprint density at radius 3 is 2.57 bits per heavy atom. The molecule has 0 radical (unpaired) electrons. The first-order valence-corrected chi connectivity index (χ1v) is 8.67. The second-order valence-electron chi connectivity index (χ2n) is 6.65. The van der Waals surface area contributed by atoms with Gasteiger partial charge in [0.05, 0.1) is 30.4 Å². The fourth-order valence-corrected chi connectivity index (χ4v) is 3.96. The number of amides is 2. The van der Waals surface area contributed by atoms with Gasteiger partial charge in [0.25, 0.3) is 11.8 Å². The SMILES string of the molecule is COc1ccc2[nH]cc3c2c1C(c1ccc(C#N)cc1)NC1=C3C(=O)NC1=O. The summed E-state index contributed by atoms with van der Waals surface area (Å²) in [5, 5.41) is 15.5. The normalized spacial score (nSPS) is 17.6. The average molecular weight is 370 g/mol. The maximum Gasteiger partial charge on any atom is 0.275 e. The summed E-state index contributed by atoms with van der Waals surface area (Å²) in [6, 6.07) is 12.5. The van der Waals surface area contributed by atoms with Crippen molar-refractivity contribution in [2.75, 3.05) is 7.11 Å². The Hall–Kier alpha value is -4.05. The second-order valence-corrected chi connectivity index (χ2v) is 6.65. The van der Waals surface area contributed by atoms with E-state index in [9.17, 15) is 9.59 Å². The fraction of sp³-hybridized carbons (Fsp3) is 0.0952. The van der Waals surface area contributed by atoms with E-state index < -0.39 is 17.9 Å². The molecule has 7 heteroatoms. The summed E-state index contributed by atoms with van der Waals surface area (Å²) in [4.78, 5) is 28.1. The van der Waals surface area contributed by atoms with Crippen LogP contribution in [0.15, 0.2) is 48.3 Å². The quantitative estimate of drug-likeness (QED) is 0.599. The lowest BCUT2D eigenvalue weighted by Crippen LogP contribution is -2.30. The molecular formula is C21H14N4O3. The Morgan fingerprint density at radius 1 is 1.07 bits per heavy atom. The molecule has 136 valence electrons. The number of nitriles is 1. The summed E-state index contributed by atoms with van der Waals surface area (Å²) >= 11 is 0. The van der Waals surface area contributed by atoms with Crippen LogP contribution in [0.1, 0.15) is 28.3 Å². The fourth-order valence-electron chi connectivity index (χ4n) is 3.96. The van der Waals surface area contributed by atoms with Crippen molar-refractivity contribution >= 4 is 28.3 Å². The number of ether oxygens (including phenoxy) is 1. The van der Waals surface area contributed by atoms with E-state index in [1.807, 2.05) is 24.3 Å². The van der Waals surface area contributed by atoms with Crippen molar-refractivity contribution in [1.82, 2.24) is 15.6 Å². The van der Waals surface area contributed by atoms with Gasteiger partial charge < -0.3 is 15.0 Å². The van der Waals surface area contributed by atoms with Gasteiger partial charge in [-0.3, -0.25) is 14.9 Å². The van der Waals surface area contributed by atoms with Crippen molar-refractivity contribution in [3.63, 3.8) is 0 Å². The molecule has 0 aliphatic carbocycles. The number of aromatic amines is 1. The molecule has 0 bridgehead atoms. The number of rotatable bonds is 2. The highest BCUT2D eigenvalue weighted by atomic mass is 16.5. The number of H-pyrrole nitrogens is 1. The molecule has 0 saturated heterocycles. The second kappa shape index (κ2) is 5.72. The number of fused-ring (bicyclic) bond motifs is 1. The molecule has 2 aliphatic heterocycles. The molecule has 7 nitrogen and oxygen atoms in total. The molecule has 3 N–H and O–H groups in total. The number of imide groups is 1. The van der Waals surface area contributed by atoms with Gasteiger partial charge in [-0.15, -0.1) is 0 Å². The molecule has 3 aromatic rings. The third kappa shape index (κ3) is 2.09. The number of carbonyl (C=O) groups excluding carboxylic acids is 2. The summed E-state index contributed by atoms with van der Waals surface area (Å²) in [6.45, 7) is 0. The van der Waals surface area contributed by atoms with Gasteiger partial charge >= 0.3 is 0 Å². The number of nitrogens with zero attached hydrogens (tertiary/aromatic N) is 1. The largest absolute Gasteiger partial charge is 0.496 e. The first-order valence-electron chi connectivity index (χ1n) is 8.67. The monoisotopic (exact) mass is 370 g/mol. The standard InChI is InChI=1S/C21H14N4O3/c1-28-14-7-6-13-15-12(9-23-13)16-19(21(27)25-20(16)26)24-18(17(14)15)11-4-2-10(8-22)3-5-11/h2-7,9,18,23-24H,1H3,(H,25,26,27). The van der Waals surface area contributed by atoms with Gasteiger partial charge in [0, 0.05) is 28.2 Å². The van der Waals surface area contributed by atoms with Crippen molar-refractivity contribution in [2.45, 2.75) is 6.04 Å². The Balaban J connectivity index is 1.85. The molecule has 5 rings (SSSR count). The first kappa shape index (κ1) is 16.1. The predicted molar refractivity (Wildman–Crippen MR) is 101 cm³/mol. The van der Waals surface area contributed by atoms with Gasteiger partial charge in [-0.05, 0) is 29.8 Å². The highest BCUT2D eigenvalue weighted by Crippen LogP contribution is 2.44. The van der Waals surface area contributed by atoms with Crippen LogP contribution in [-0.2, 0) is 9.59 Å². The van der Waals surface area contributed by atoms with Crippen LogP contribution < -0.4 is 15.4 Å². The number of aromatic nitrogens is 1. The number of benzene rings is 2. The Bertz CT molecular complexity index is 1250. The highest BCUT2D eigenvalue weighted by molar-refractivity contribution is 6.37. The number of carbonyl (C=O) groups is 2. The summed E-state index contributed by atoms with van der Waals surface area (Å²) < 4.78 is 5.62. The molecule has 1 atom stereocenters. The van der Waals surface area contributed by atoms with Crippen LogP contribution in [0.4, 0.5) is 0 Å². The van der Waals surface area contributed by atoms with Gasteiger partial charge in [0.1, 0.15) is 11.4 Å². The lowest BCUT2D eigenvalue weighted by atomic mass is 9.92. The smallest absolute Gasteiger partial charge is 0.275 e. The summed E-state index contributed by atoms with van der Waals surface area (Å²) in [6.07, 6.45) is 1.74. The van der Waals surface area contributed by atoms with Crippen molar-refractivity contribution in [1.29, 1.82) is 5.26 Å².